The van der Waals surface area contributed by atoms with Gasteiger partial charge in [-0.1, -0.05) is 6.07 Å². The number of hydrogen-bond donors (Lipinski definition) is 1. The highest BCUT2D eigenvalue weighted by Gasteiger charge is 2.07. The Bertz CT molecular complexity index is 512. The number of nitrogens with zero attached hydrogens (tertiary/aromatic N) is 4. The van der Waals surface area contributed by atoms with Gasteiger partial charge in [-0.3, -0.25) is 4.98 Å². The highest BCUT2D eigenvalue weighted by molar-refractivity contribution is 5.32. The van der Waals surface area contributed by atoms with Gasteiger partial charge in [-0.05, 0) is 19.1 Å². The Morgan fingerprint density at radius 1 is 1.28 bits per heavy atom. The van der Waals surface area contributed by atoms with Gasteiger partial charge in [0.25, 0.3) is 0 Å². The third kappa shape index (κ3) is 2.81. The number of aromatic nitrogens is 3. The van der Waals surface area contributed by atoms with E-state index in [0.29, 0.717) is 19.0 Å². The molecule has 0 spiro atoms. The van der Waals surface area contributed by atoms with Crippen LogP contribution in [-0.4, -0.2) is 22.0 Å². The summed E-state index contributed by atoms with van der Waals surface area (Å²) in [5.41, 5.74) is 8.49. The van der Waals surface area contributed by atoms with Gasteiger partial charge in [0.05, 0.1) is 12.2 Å². The number of pyridine rings is 1. The molecule has 0 aliphatic carbocycles. The van der Waals surface area contributed by atoms with Crippen LogP contribution in [0.5, 0.6) is 0 Å². The average Bonchev–Trinajstić information content (AvgIpc) is 2.39. The first-order chi connectivity index (χ1) is 8.70. The van der Waals surface area contributed by atoms with Crippen molar-refractivity contribution in [1.82, 2.24) is 15.0 Å². The van der Waals surface area contributed by atoms with Gasteiger partial charge < -0.3 is 10.6 Å². The molecule has 0 unspecified atom stereocenters. The lowest BCUT2D eigenvalue weighted by atomic mass is 10.2. The molecule has 0 radical (unpaired) electrons. The second-order valence-electron chi connectivity index (χ2n) is 4.16. The topological polar surface area (TPSA) is 67.9 Å². The van der Waals surface area contributed by atoms with Crippen molar-refractivity contribution in [2.24, 2.45) is 5.73 Å². The van der Waals surface area contributed by atoms with Crippen molar-refractivity contribution in [3.05, 3.63) is 47.5 Å². The van der Waals surface area contributed by atoms with E-state index in [4.69, 9.17) is 5.73 Å². The summed E-state index contributed by atoms with van der Waals surface area (Å²) < 4.78 is 0. The Labute approximate surface area is 107 Å². The van der Waals surface area contributed by atoms with Crippen molar-refractivity contribution in [1.29, 1.82) is 0 Å². The van der Waals surface area contributed by atoms with Crippen molar-refractivity contribution in [3.8, 4) is 0 Å². The predicted octanol–water partition coefficient (Wildman–Crippen LogP) is 1.28. The number of nitrogens with two attached hydrogens (primary N) is 1. The fraction of sp³-hybridized carbons (Fsp3) is 0.308. The van der Waals surface area contributed by atoms with Crippen LogP contribution in [0.3, 0.4) is 0 Å². The third-order valence-electron chi connectivity index (χ3n) is 2.75. The maximum atomic E-state index is 5.60. The van der Waals surface area contributed by atoms with Crippen LogP contribution in [0, 0.1) is 6.92 Å². The van der Waals surface area contributed by atoms with Crippen molar-refractivity contribution in [2.75, 3.05) is 11.9 Å². The Kier molecular flexibility index (Phi) is 3.84. The molecule has 2 aromatic rings. The summed E-state index contributed by atoms with van der Waals surface area (Å²) in [5.74, 6) is 0.690. The maximum Gasteiger partial charge on any atom is 0.225 e. The van der Waals surface area contributed by atoms with E-state index in [-0.39, 0.29) is 0 Å². The molecule has 0 fully saturated rings. The minimum Gasteiger partial charge on any atom is -0.338 e. The van der Waals surface area contributed by atoms with E-state index in [1.54, 1.807) is 12.4 Å². The lowest BCUT2D eigenvalue weighted by Crippen LogP contribution is -2.20. The van der Waals surface area contributed by atoms with Crippen LogP contribution in [0.2, 0.25) is 0 Å². The molecule has 0 aliphatic rings. The first-order valence-corrected chi connectivity index (χ1v) is 5.84. The molecule has 0 atom stereocenters. The number of rotatable bonds is 4. The predicted molar refractivity (Wildman–Crippen MR) is 71.0 cm³/mol. The molecular weight excluding hydrogens is 226 g/mol. The highest BCUT2D eigenvalue weighted by Crippen LogP contribution is 2.11. The lowest BCUT2D eigenvalue weighted by Gasteiger charge is -2.17. The summed E-state index contributed by atoms with van der Waals surface area (Å²) in [6.07, 6.45) is 3.57. The largest absolute Gasteiger partial charge is 0.338 e. The van der Waals surface area contributed by atoms with Crippen LogP contribution in [0.25, 0.3) is 0 Å². The van der Waals surface area contributed by atoms with Gasteiger partial charge in [-0.15, -0.1) is 0 Å². The molecule has 5 nitrogen and oxygen atoms in total. The zero-order valence-electron chi connectivity index (χ0n) is 10.7. The van der Waals surface area contributed by atoms with Gasteiger partial charge in [0.15, 0.2) is 0 Å². The quantitative estimate of drug-likeness (QED) is 0.876. The Morgan fingerprint density at radius 2 is 2.11 bits per heavy atom. The van der Waals surface area contributed by atoms with Gasteiger partial charge in [0, 0.05) is 37.2 Å². The van der Waals surface area contributed by atoms with Gasteiger partial charge in [0.2, 0.25) is 5.95 Å². The summed E-state index contributed by atoms with van der Waals surface area (Å²) in [4.78, 5) is 15.0. The SMILES string of the molecule is Cc1nc(N(C)Cc2ccccn2)ncc1CN. The van der Waals surface area contributed by atoms with Gasteiger partial charge in [-0.2, -0.15) is 0 Å². The summed E-state index contributed by atoms with van der Waals surface area (Å²) in [7, 11) is 1.95. The second kappa shape index (κ2) is 5.55. The Hall–Kier alpha value is -2.01. The number of hydrogen-bond acceptors (Lipinski definition) is 5. The molecule has 0 saturated carbocycles. The van der Waals surface area contributed by atoms with Crippen LogP contribution < -0.4 is 10.6 Å². The van der Waals surface area contributed by atoms with Crippen LogP contribution in [0.1, 0.15) is 17.0 Å². The molecule has 0 saturated heterocycles. The normalized spacial score (nSPS) is 10.4. The minimum absolute atomic E-state index is 0.468. The van der Waals surface area contributed by atoms with Gasteiger partial charge >= 0.3 is 0 Å². The summed E-state index contributed by atoms with van der Waals surface area (Å²) >= 11 is 0. The van der Waals surface area contributed by atoms with Crippen molar-refractivity contribution in [3.63, 3.8) is 0 Å². The third-order valence-corrected chi connectivity index (χ3v) is 2.75. The first-order valence-electron chi connectivity index (χ1n) is 5.84. The maximum absolute atomic E-state index is 5.60. The Morgan fingerprint density at radius 3 is 2.72 bits per heavy atom. The van der Waals surface area contributed by atoms with E-state index in [2.05, 4.69) is 15.0 Å². The molecule has 94 valence electrons. The molecular formula is C13H17N5. The van der Waals surface area contributed by atoms with Crippen LogP contribution >= 0.6 is 0 Å². The molecule has 2 heterocycles. The fourth-order valence-electron chi connectivity index (χ4n) is 1.67. The molecule has 2 aromatic heterocycles. The number of anilines is 1. The van der Waals surface area contributed by atoms with E-state index in [1.165, 1.54) is 0 Å². The van der Waals surface area contributed by atoms with E-state index < -0.39 is 0 Å². The molecule has 0 bridgehead atoms. The van der Waals surface area contributed by atoms with E-state index in [9.17, 15) is 0 Å². The summed E-state index contributed by atoms with van der Waals surface area (Å²) in [6, 6.07) is 5.86. The molecule has 2 N–H and O–H groups in total. The van der Waals surface area contributed by atoms with Crippen LogP contribution in [0.15, 0.2) is 30.6 Å². The zero-order valence-corrected chi connectivity index (χ0v) is 10.7. The van der Waals surface area contributed by atoms with Gasteiger partial charge in [0.1, 0.15) is 0 Å². The van der Waals surface area contributed by atoms with E-state index in [0.717, 1.165) is 17.0 Å². The smallest absolute Gasteiger partial charge is 0.225 e. The van der Waals surface area contributed by atoms with Crippen LogP contribution in [0.4, 0.5) is 5.95 Å². The molecule has 0 aromatic carbocycles. The molecule has 0 aliphatic heterocycles. The minimum atomic E-state index is 0.468. The fourth-order valence-corrected chi connectivity index (χ4v) is 1.67. The average molecular weight is 243 g/mol. The standard InChI is InChI=1S/C13H17N5/c1-10-11(7-14)8-16-13(17-10)18(2)9-12-5-3-4-6-15-12/h3-6,8H,7,9,14H2,1-2H3. The zero-order chi connectivity index (χ0) is 13.0. The second-order valence-corrected chi connectivity index (χ2v) is 4.16. The molecule has 5 heteroatoms. The van der Waals surface area contributed by atoms with Crippen molar-refractivity contribution >= 4 is 5.95 Å². The van der Waals surface area contributed by atoms with Crippen molar-refractivity contribution < 1.29 is 0 Å². The molecule has 0 amide bonds. The van der Waals surface area contributed by atoms with E-state index in [1.807, 2.05) is 37.1 Å². The van der Waals surface area contributed by atoms with Gasteiger partial charge in [-0.25, -0.2) is 9.97 Å². The Balaban J connectivity index is 2.14. The number of aryl methyl sites for hydroxylation is 1. The summed E-state index contributed by atoms with van der Waals surface area (Å²) in [5, 5.41) is 0. The highest BCUT2D eigenvalue weighted by atomic mass is 15.2. The summed E-state index contributed by atoms with van der Waals surface area (Å²) in [6.45, 7) is 3.10. The first kappa shape index (κ1) is 12.4. The van der Waals surface area contributed by atoms with E-state index >= 15 is 0 Å². The monoisotopic (exact) mass is 243 g/mol. The van der Waals surface area contributed by atoms with Crippen molar-refractivity contribution in [2.45, 2.75) is 20.0 Å². The molecule has 2 rings (SSSR count). The lowest BCUT2D eigenvalue weighted by molar-refractivity contribution is 0.826. The molecule has 18 heavy (non-hydrogen) atoms. The van der Waals surface area contributed by atoms with Crippen LogP contribution in [-0.2, 0) is 13.1 Å².